The molecule has 4 aromatic rings. The van der Waals surface area contributed by atoms with Crippen LogP contribution in [0.2, 0.25) is 0 Å². The van der Waals surface area contributed by atoms with Gasteiger partial charge in [0.05, 0.1) is 23.8 Å². The van der Waals surface area contributed by atoms with Crippen molar-refractivity contribution in [3.05, 3.63) is 108 Å². The smallest absolute Gasteiger partial charge is 0.323 e. The molecule has 48 heavy (non-hydrogen) atoms. The zero-order valence-corrected chi connectivity index (χ0v) is 28.2. The summed E-state index contributed by atoms with van der Waals surface area (Å²) in [4.78, 5) is 38.3. The maximum absolute atomic E-state index is 12.1. The number of carbonyl (C=O) groups excluding carboxylic acids is 2. The molecule has 6 rings (SSSR count). The predicted molar refractivity (Wildman–Crippen MR) is 194 cm³/mol. The van der Waals surface area contributed by atoms with Gasteiger partial charge in [-0.05, 0) is 125 Å². The molecule has 252 valence electrons. The van der Waals surface area contributed by atoms with E-state index in [1.807, 2.05) is 56.3 Å². The summed E-state index contributed by atoms with van der Waals surface area (Å²) in [6.45, 7) is 10.6. The monoisotopic (exact) mass is 648 g/mol. The van der Waals surface area contributed by atoms with Crippen molar-refractivity contribution in [1.29, 1.82) is 0 Å². The molecule has 4 N–H and O–H groups in total. The fourth-order valence-electron chi connectivity index (χ4n) is 5.60. The molecule has 0 unspecified atom stereocenters. The Morgan fingerprint density at radius 2 is 1.29 bits per heavy atom. The minimum absolute atomic E-state index is 0.254. The van der Waals surface area contributed by atoms with Gasteiger partial charge in [0.1, 0.15) is 0 Å². The number of nitrogens with zero attached hydrogens (tertiary/aromatic N) is 5. The number of hydrogen-bond acceptors (Lipinski definition) is 8. The van der Waals surface area contributed by atoms with Crippen molar-refractivity contribution in [2.24, 2.45) is 4.99 Å². The van der Waals surface area contributed by atoms with Gasteiger partial charge in [0.2, 0.25) is 6.08 Å². The Balaban J connectivity index is 0.000000182. The number of nitrogen functional groups attached to an aromatic ring is 1. The topological polar surface area (TPSA) is 129 Å². The standard InChI is InChI=1S/C19H24N4O.C12H18N2.C7H6N2O/c1-15-8-9-18(13-20-15)22-19(24)21-17-7-5-6-16(12-17)14-23-10-3-2-4-11-23;13-12-6-4-5-11(9-12)10-14-7-2-1-3-8-14;1-6-2-3-7(4-8-6)9-5-10/h5-9,12-13H,2-4,10-11,14H2,1H3,(H2,21,22,24);4-6,9H,1-3,7-8,10,13H2;2-4H,1H3. The lowest BCUT2D eigenvalue weighted by Gasteiger charge is -2.26. The number of aromatic nitrogens is 2. The van der Waals surface area contributed by atoms with Crippen LogP contribution in [0.15, 0.2) is 90.2 Å². The largest absolute Gasteiger partial charge is 0.399 e. The first-order valence-corrected chi connectivity index (χ1v) is 16.8. The molecule has 0 saturated carbocycles. The van der Waals surface area contributed by atoms with Crippen LogP contribution in [0.4, 0.5) is 27.5 Å². The third kappa shape index (κ3) is 13.5. The first-order chi connectivity index (χ1) is 23.4. The Hall–Kier alpha value is -4.89. The normalized spacial score (nSPS) is 14.6. The number of carbonyl (C=O) groups is 1. The van der Waals surface area contributed by atoms with E-state index < -0.39 is 0 Å². The van der Waals surface area contributed by atoms with Gasteiger partial charge in [-0.2, -0.15) is 4.99 Å². The lowest BCUT2D eigenvalue weighted by molar-refractivity contribution is 0.221. The number of benzene rings is 2. The second kappa shape index (κ2) is 19.7. The number of urea groups is 1. The van der Waals surface area contributed by atoms with Crippen LogP contribution in [0.3, 0.4) is 0 Å². The summed E-state index contributed by atoms with van der Waals surface area (Å²) in [5.74, 6) is 0. The summed E-state index contributed by atoms with van der Waals surface area (Å²) >= 11 is 0. The van der Waals surface area contributed by atoms with Crippen LogP contribution in [-0.4, -0.2) is 58.1 Å². The fraction of sp³-hybridized carbons (Fsp3) is 0.368. The lowest BCUT2D eigenvalue weighted by atomic mass is 10.1. The number of rotatable bonds is 7. The Morgan fingerprint density at radius 1 is 0.729 bits per heavy atom. The number of likely N-dealkylation sites (tertiary alicyclic amines) is 2. The Labute approximate surface area is 284 Å². The second-order valence-corrected chi connectivity index (χ2v) is 12.2. The minimum atomic E-state index is -0.254. The van der Waals surface area contributed by atoms with Crippen LogP contribution in [0.5, 0.6) is 0 Å². The van der Waals surface area contributed by atoms with E-state index in [2.05, 4.69) is 53.6 Å². The van der Waals surface area contributed by atoms with E-state index in [-0.39, 0.29) is 6.03 Å². The number of isocyanates is 1. The second-order valence-electron chi connectivity index (χ2n) is 12.2. The number of hydrogen-bond donors (Lipinski definition) is 3. The van der Waals surface area contributed by atoms with Crippen molar-refractivity contribution in [2.45, 2.75) is 65.5 Å². The van der Waals surface area contributed by atoms with Crippen molar-refractivity contribution in [3.63, 3.8) is 0 Å². The molecule has 2 aliphatic heterocycles. The summed E-state index contributed by atoms with van der Waals surface area (Å²) in [7, 11) is 0. The molecule has 0 radical (unpaired) electrons. The van der Waals surface area contributed by atoms with Crippen molar-refractivity contribution in [1.82, 2.24) is 19.8 Å². The SMILES string of the molecule is Cc1ccc(N=C=O)cn1.Cc1ccc(NC(=O)Nc2cccc(CN3CCCCC3)c2)cn1.Nc1cccc(CN2CCCCC2)c1. The predicted octanol–water partition coefficient (Wildman–Crippen LogP) is 7.63. The fourth-order valence-corrected chi connectivity index (χ4v) is 5.60. The number of nitrogens with one attached hydrogen (secondary N) is 2. The van der Waals surface area contributed by atoms with Crippen LogP contribution in [0.25, 0.3) is 0 Å². The zero-order chi connectivity index (χ0) is 34.0. The summed E-state index contributed by atoms with van der Waals surface area (Å²) in [6.07, 6.45) is 12.6. The van der Waals surface area contributed by atoms with Gasteiger partial charge in [0.15, 0.2) is 0 Å². The number of aliphatic imine (C=N–C) groups is 1. The van der Waals surface area contributed by atoms with Crippen LogP contribution in [0.1, 0.15) is 61.0 Å². The van der Waals surface area contributed by atoms with E-state index >= 15 is 0 Å². The highest BCUT2D eigenvalue weighted by Crippen LogP contribution is 2.17. The van der Waals surface area contributed by atoms with E-state index in [0.29, 0.717) is 11.4 Å². The minimum Gasteiger partial charge on any atom is -0.399 e. The highest BCUT2D eigenvalue weighted by Gasteiger charge is 2.12. The molecule has 0 aliphatic carbocycles. The molecule has 0 spiro atoms. The van der Waals surface area contributed by atoms with Crippen LogP contribution < -0.4 is 16.4 Å². The third-order valence-corrected chi connectivity index (χ3v) is 8.09. The molecule has 2 amide bonds. The van der Waals surface area contributed by atoms with Crippen molar-refractivity contribution in [3.8, 4) is 0 Å². The molecule has 0 bridgehead atoms. The highest BCUT2D eigenvalue weighted by molar-refractivity contribution is 5.99. The average Bonchev–Trinajstić information content (AvgIpc) is 3.09. The number of amides is 2. The van der Waals surface area contributed by atoms with E-state index in [9.17, 15) is 9.59 Å². The van der Waals surface area contributed by atoms with Gasteiger partial charge in [-0.25, -0.2) is 9.59 Å². The molecule has 10 nitrogen and oxygen atoms in total. The van der Waals surface area contributed by atoms with Gasteiger partial charge in [0, 0.05) is 35.9 Å². The van der Waals surface area contributed by atoms with Gasteiger partial charge in [0.25, 0.3) is 0 Å². The van der Waals surface area contributed by atoms with Crippen molar-refractivity contribution >= 4 is 34.9 Å². The number of piperidine rings is 2. The Bertz CT molecular complexity index is 1590. The number of nitrogens with two attached hydrogens (primary N) is 1. The number of aryl methyl sites for hydroxylation is 2. The van der Waals surface area contributed by atoms with E-state index in [1.54, 1.807) is 18.3 Å². The molecule has 0 atom stereocenters. The summed E-state index contributed by atoms with van der Waals surface area (Å²) < 4.78 is 0. The van der Waals surface area contributed by atoms with Crippen molar-refractivity contribution in [2.75, 3.05) is 42.5 Å². The number of pyridine rings is 2. The van der Waals surface area contributed by atoms with Crippen LogP contribution in [0, 0.1) is 13.8 Å². The average molecular weight is 649 g/mol. The Kier molecular flexibility index (Phi) is 14.8. The molecular weight excluding hydrogens is 600 g/mol. The van der Waals surface area contributed by atoms with Crippen molar-refractivity contribution < 1.29 is 9.59 Å². The van der Waals surface area contributed by atoms with Gasteiger partial charge < -0.3 is 16.4 Å². The van der Waals surface area contributed by atoms with Crippen LogP contribution in [-0.2, 0) is 17.9 Å². The highest BCUT2D eigenvalue weighted by atomic mass is 16.2. The van der Waals surface area contributed by atoms with Crippen LogP contribution >= 0.6 is 0 Å². The van der Waals surface area contributed by atoms with Gasteiger partial charge in [-0.3, -0.25) is 19.8 Å². The molecular formula is C38H48N8O2. The van der Waals surface area contributed by atoms with E-state index in [0.717, 1.165) is 35.9 Å². The van der Waals surface area contributed by atoms with Gasteiger partial charge >= 0.3 is 6.03 Å². The maximum Gasteiger partial charge on any atom is 0.323 e. The zero-order valence-electron chi connectivity index (χ0n) is 28.2. The van der Waals surface area contributed by atoms with Gasteiger partial charge in [-0.15, -0.1) is 0 Å². The maximum atomic E-state index is 12.1. The Morgan fingerprint density at radius 3 is 1.83 bits per heavy atom. The summed E-state index contributed by atoms with van der Waals surface area (Å²) in [6, 6.07) is 23.2. The molecule has 2 aromatic heterocycles. The lowest BCUT2D eigenvalue weighted by Crippen LogP contribution is -2.29. The molecule has 2 saturated heterocycles. The molecule has 4 heterocycles. The molecule has 10 heteroatoms. The van der Waals surface area contributed by atoms with Gasteiger partial charge in [-0.1, -0.05) is 37.1 Å². The quantitative estimate of drug-likeness (QED) is 0.107. The molecule has 2 fully saturated rings. The number of anilines is 3. The molecule has 2 aliphatic rings. The molecule has 2 aromatic carbocycles. The first kappa shape index (κ1) is 36.0. The third-order valence-electron chi connectivity index (χ3n) is 8.09. The van der Waals surface area contributed by atoms with E-state index in [1.165, 1.54) is 88.1 Å². The summed E-state index contributed by atoms with van der Waals surface area (Å²) in [5, 5.41) is 5.68. The first-order valence-electron chi connectivity index (χ1n) is 16.8. The van der Waals surface area contributed by atoms with E-state index in [4.69, 9.17) is 5.73 Å². The summed E-state index contributed by atoms with van der Waals surface area (Å²) in [5.41, 5.74) is 13.1.